The average molecular weight is 348 g/mol. The van der Waals surface area contributed by atoms with E-state index in [2.05, 4.69) is 17.0 Å². The number of anilines is 2. The number of ether oxygens (including phenoxy) is 1. The summed E-state index contributed by atoms with van der Waals surface area (Å²) in [6, 6.07) is 12.1. The van der Waals surface area contributed by atoms with Crippen LogP contribution < -0.4 is 14.8 Å². The number of rotatable bonds is 9. The smallest absolute Gasteiger partial charge is 0.222 e. The number of carbonyl (C=O) groups is 1. The van der Waals surface area contributed by atoms with Crippen molar-refractivity contribution in [1.82, 2.24) is 0 Å². The Hall–Kier alpha value is -2.54. The fraction of sp³-hybridized carbons (Fsp3) is 0.235. The molecular weight excluding hydrogens is 328 g/mol. The third-order valence-electron chi connectivity index (χ3n) is 3.27. The van der Waals surface area contributed by atoms with Gasteiger partial charge in [0.1, 0.15) is 12.0 Å². The second kappa shape index (κ2) is 8.93. The number of para-hydroxylation sites is 1. The molecule has 2 aromatic rings. The number of carbonyl (C=O) groups excluding carboxylic acids is 1. The van der Waals surface area contributed by atoms with E-state index in [4.69, 9.17) is 4.74 Å². The quantitative estimate of drug-likeness (QED) is 0.367. The Morgan fingerprint density at radius 2 is 1.83 bits per heavy atom. The molecule has 0 heterocycles. The first kappa shape index (κ1) is 17.8. The predicted molar refractivity (Wildman–Crippen MR) is 95.7 cm³/mol. The highest BCUT2D eigenvalue weighted by atomic mass is 32.2. The van der Waals surface area contributed by atoms with Crippen molar-refractivity contribution >= 4 is 28.6 Å². The Morgan fingerprint density at radius 3 is 2.46 bits per heavy atom. The summed E-state index contributed by atoms with van der Waals surface area (Å²) in [5.74, 6) is 0.904. The van der Waals surface area contributed by atoms with Gasteiger partial charge in [0.25, 0.3) is 0 Å². The normalized spacial score (nSPS) is 10.4. The van der Waals surface area contributed by atoms with E-state index < -0.39 is 10.9 Å². The number of nitrogens with one attached hydrogen (secondary N) is 2. The van der Waals surface area contributed by atoms with Gasteiger partial charge in [-0.1, -0.05) is 31.5 Å². The second-order valence-electron chi connectivity index (χ2n) is 5.13. The highest BCUT2D eigenvalue weighted by Gasteiger charge is 2.14. The van der Waals surface area contributed by atoms with Crippen LogP contribution >= 0.6 is 0 Å². The van der Waals surface area contributed by atoms with Crippen molar-refractivity contribution in [2.24, 2.45) is 0 Å². The van der Waals surface area contributed by atoms with Gasteiger partial charge in [-0.25, -0.2) is 8.42 Å². The van der Waals surface area contributed by atoms with Gasteiger partial charge in [0.05, 0.1) is 11.4 Å². The summed E-state index contributed by atoms with van der Waals surface area (Å²) in [4.78, 5) is 11.1. The summed E-state index contributed by atoms with van der Waals surface area (Å²) in [5, 5.41) is 3.20. The van der Waals surface area contributed by atoms with Crippen molar-refractivity contribution in [3.05, 3.63) is 48.0 Å². The van der Waals surface area contributed by atoms with Crippen molar-refractivity contribution < 1.29 is 17.9 Å². The zero-order valence-corrected chi connectivity index (χ0v) is 14.2. The lowest BCUT2D eigenvalue weighted by Crippen LogP contribution is -2.06. The zero-order chi connectivity index (χ0) is 17.4. The van der Waals surface area contributed by atoms with E-state index in [1.807, 2.05) is 18.2 Å². The van der Waals surface area contributed by atoms with Gasteiger partial charge in [0, 0.05) is 12.1 Å². The van der Waals surface area contributed by atoms with E-state index in [1.165, 1.54) is 6.07 Å². The zero-order valence-electron chi connectivity index (χ0n) is 13.3. The molecular formula is C17H20N2O4S. The first-order valence-corrected chi connectivity index (χ1v) is 8.82. The number of hydrogen-bond donors (Lipinski definition) is 3. The predicted octanol–water partition coefficient (Wildman–Crippen LogP) is 3.44. The van der Waals surface area contributed by atoms with E-state index in [0.29, 0.717) is 35.6 Å². The van der Waals surface area contributed by atoms with Crippen LogP contribution in [0.1, 0.15) is 30.1 Å². The molecule has 0 atom stereocenters. The van der Waals surface area contributed by atoms with Crippen LogP contribution in [0.15, 0.2) is 42.5 Å². The van der Waals surface area contributed by atoms with E-state index >= 15 is 0 Å². The molecule has 7 heteroatoms. The molecule has 2 N–H and O–H groups in total. The van der Waals surface area contributed by atoms with Gasteiger partial charge in [-0.3, -0.25) is 9.52 Å². The van der Waals surface area contributed by atoms with Crippen LogP contribution in [0.2, 0.25) is 0 Å². The molecule has 0 fully saturated rings. The Morgan fingerprint density at radius 1 is 1.12 bits per heavy atom. The molecule has 0 unspecified atom stereocenters. The Kier molecular flexibility index (Phi) is 6.62. The first-order chi connectivity index (χ1) is 11.6. The average Bonchev–Trinajstić information content (AvgIpc) is 2.57. The van der Waals surface area contributed by atoms with E-state index in [9.17, 15) is 13.2 Å². The van der Waals surface area contributed by atoms with E-state index in [0.717, 1.165) is 12.8 Å². The summed E-state index contributed by atoms with van der Waals surface area (Å²) in [7, 11) is -2.89. The Labute approximate surface area is 142 Å². The highest BCUT2D eigenvalue weighted by molar-refractivity contribution is 7.73. The second-order valence-corrected chi connectivity index (χ2v) is 5.87. The molecule has 0 aliphatic rings. The Bertz CT molecular complexity index is 753. The summed E-state index contributed by atoms with van der Waals surface area (Å²) >= 11 is 0. The van der Waals surface area contributed by atoms with Crippen molar-refractivity contribution in [2.45, 2.75) is 19.8 Å². The molecule has 2 rings (SSSR count). The number of unbranched alkanes of at least 4 members (excludes halogenated alkanes) is 1. The largest absolute Gasteiger partial charge is 0.453 e. The molecule has 24 heavy (non-hydrogen) atoms. The molecule has 0 aromatic heterocycles. The monoisotopic (exact) mass is 348 g/mol. The number of benzene rings is 2. The van der Waals surface area contributed by atoms with Crippen LogP contribution in [0.5, 0.6) is 11.5 Å². The van der Waals surface area contributed by atoms with Crippen molar-refractivity contribution in [2.75, 3.05) is 16.6 Å². The van der Waals surface area contributed by atoms with E-state index in [-0.39, 0.29) is 5.69 Å². The van der Waals surface area contributed by atoms with Gasteiger partial charge < -0.3 is 10.1 Å². The van der Waals surface area contributed by atoms with Gasteiger partial charge in [-0.15, -0.1) is 0 Å². The highest BCUT2D eigenvalue weighted by Crippen LogP contribution is 2.38. The minimum absolute atomic E-state index is 0.221. The fourth-order valence-electron chi connectivity index (χ4n) is 2.15. The van der Waals surface area contributed by atoms with E-state index in [1.54, 1.807) is 18.2 Å². The Balaban J connectivity index is 2.45. The molecule has 6 nitrogen and oxygen atoms in total. The lowest BCUT2D eigenvalue weighted by molar-refractivity contribution is 0.112. The topological polar surface area (TPSA) is 84.5 Å². The maximum Gasteiger partial charge on any atom is 0.222 e. The fourth-order valence-corrected chi connectivity index (χ4v) is 2.51. The third-order valence-corrected chi connectivity index (χ3v) is 3.69. The van der Waals surface area contributed by atoms with Gasteiger partial charge in [-0.05, 0) is 30.7 Å². The van der Waals surface area contributed by atoms with Crippen LogP contribution in [0.4, 0.5) is 11.4 Å². The van der Waals surface area contributed by atoms with Gasteiger partial charge in [0.2, 0.25) is 10.9 Å². The summed E-state index contributed by atoms with van der Waals surface area (Å²) in [6.45, 7) is 2.76. The molecule has 0 saturated heterocycles. The number of thiol groups is 1. The molecule has 128 valence electrons. The molecule has 0 radical (unpaired) electrons. The lowest BCUT2D eigenvalue weighted by Gasteiger charge is -2.17. The van der Waals surface area contributed by atoms with Crippen LogP contribution in [0.25, 0.3) is 0 Å². The molecule has 0 aliphatic heterocycles. The van der Waals surface area contributed by atoms with Crippen LogP contribution in [-0.4, -0.2) is 21.2 Å². The van der Waals surface area contributed by atoms with Gasteiger partial charge >= 0.3 is 0 Å². The van der Waals surface area contributed by atoms with Crippen LogP contribution in [0.3, 0.4) is 0 Å². The maximum atomic E-state index is 11.1. The first-order valence-electron chi connectivity index (χ1n) is 7.65. The van der Waals surface area contributed by atoms with Crippen LogP contribution in [-0.2, 0) is 10.9 Å². The lowest BCUT2D eigenvalue weighted by atomic mass is 10.1. The number of aldehydes is 1. The van der Waals surface area contributed by atoms with Gasteiger partial charge in [-0.2, -0.15) is 0 Å². The summed E-state index contributed by atoms with van der Waals surface area (Å²) in [6.07, 6.45) is 2.61. The summed E-state index contributed by atoms with van der Waals surface area (Å²) in [5.41, 5.74) is 1.14. The molecule has 2 aromatic carbocycles. The number of hydrogen-bond acceptors (Lipinski definition) is 5. The standard InChI is InChI=1S/C17H20N2O4S/c1-2-3-9-18-15-10-13(12-20)11-16(19-24(21)22)17(15)23-14-7-5-4-6-8-14/h4-8,10-12,18,24H,2-3,9H2,1H3,(H,19,21,22). The van der Waals surface area contributed by atoms with Crippen molar-refractivity contribution in [1.29, 1.82) is 0 Å². The minimum Gasteiger partial charge on any atom is -0.453 e. The molecule has 0 bridgehead atoms. The summed E-state index contributed by atoms with van der Waals surface area (Å²) < 4.78 is 30.4. The van der Waals surface area contributed by atoms with Crippen molar-refractivity contribution in [3.8, 4) is 11.5 Å². The third kappa shape index (κ3) is 4.99. The van der Waals surface area contributed by atoms with Crippen LogP contribution in [0, 0.1) is 0 Å². The van der Waals surface area contributed by atoms with Crippen molar-refractivity contribution in [3.63, 3.8) is 0 Å². The minimum atomic E-state index is -2.89. The molecule has 0 spiro atoms. The van der Waals surface area contributed by atoms with Gasteiger partial charge in [0.15, 0.2) is 5.75 Å². The SMILES string of the molecule is CCCCNc1cc(C=O)cc(N[SH](=O)=O)c1Oc1ccccc1. The molecule has 0 amide bonds. The maximum absolute atomic E-state index is 11.1. The molecule has 0 aliphatic carbocycles. The molecule has 0 saturated carbocycles.